The highest BCUT2D eigenvalue weighted by Gasteiger charge is 2.18. The van der Waals surface area contributed by atoms with Crippen LogP contribution >= 0.6 is 23.4 Å². The quantitative estimate of drug-likeness (QED) is 0.430. The third-order valence-corrected chi connectivity index (χ3v) is 4.92. The van der Waals surface area contributed by atoms with Gasteiger partial charge in [-0.2, -0.15) is 4.98 Å². The summed E-state index contributed by atoms with van der Waals surface area (Å²) in [4.78, 5) is 4.24. The summed E-state index contributed by atoms with van der Waals surface area (Å²) in [6, 6.07) is 7.82. The van der Waals surface area contributed by atoms with Crippen molar-refractivity contribution in [3.8, 4) is 23.0 Å². The lowest BCUT2D eigenvalue weighted by Gasteiger charge is -2.04. The average Bonchev–Trinajstić information content (AvgIpc) is 3.41. The van der Waals surface area contributed by atoms with Crippen molar-refractivity contribution in [1.29, 1.82) is 0 Å². The highest BCUT2D eigenvalue weighted by molar-refractivity contribution is 7.98. The van der Waals surface area contributed by atoms with Crippen LogP contribution in [0.1, 0.15) is 12.8 Å². The lowest BCUT2D eigenvalue weighted by molar-refractivity contribution is 0.391. The summed E-state index contributed by atoms with van der Waals surface area (Å²) in [5.74, 6) is 1.70. The summed E-state index contributed by atoms with van der Waals surface area (Å²) in [6.45, 7) is 2.67. The van der Waals surface area contributed by atoms with Gasteiger partial charge in [-0.3, -0.25) is 4.57 Å². The van der Waals surface area contributed by atoms with Crippen LogP contribution in [0.4, 0.5) is 4.39 Å². The number of hydrogen-bond donors (Lipinski definition) is 0. The molecule has 7 nitrogen and oxygen atoms in total. The lowest BCUT2D eigenvalue weighted by Crippen LogP contribution is -1.99. The molecule has 0 radical (unpaired) electrons. The van der Waals surface area contributed by atoms with Gasteiger partial charge in [-0.25, -0.2) is 4.39 Å². The van der Waals surface area contributed by atoms with Crippen molar-refractivity contribution in [3.63, 3.8) is 0 Å². The Morgan fingerprint density at radius 3 is 2.93 bits per heavy atom. The van der Waals surface area contributed by atoms with Gasteiger partial charge in [-0.05, 0) is 37.3 Å². The first kappa shape index (κ1) is 17.7. The number of benzene rings is 1. The van der Waals surface area contributed by atoms with Gasteiger partial charge in [0, 0.05) is 11.6 Å². The molecule has 0 bridgehead atoms. The highest BCUT2D eigenvalue weighted by Crippen LogP contribution is 2.28. The molecule has 0 saturated carbocycles. The zero-order chi connectivity index (χ0) is 18.8. The number of rotatable bonds is 6. The summed E-state index contributed by atoms with van der Waals surface area (Å²) in [6.07, 6.45) is 1.59. The van der Waals surface area contributed by atoms with Crippen LogP contribution in [-0.4, -0.2) is 24.9 Å². The van der Waals surface area contributed by atoms with E-state index < -0.39 is 5.82 Å². The number of hydrogen-bond acceptors (Lipinski definition) is 7. The van der Waals surface area contributed by atoms with Gasteiger partial charge < -0.3 is 8.94 Å². The van der Waals surface area contributed by atoms with Gasteiger partial charge >= 0.3 is 0 Å². The molecule has 0 fully saturated rings. The van der Waals surface area contributed by atoms with Crippen molar-refractivity contribution in [3.05, 3.63) is 53.3 Å². The molecule has 3 aromatic heterocycles. The van der Waals surface area contributed by atoms with Gasteiger partial charge in [-0.15, -0.1) is 10.2 Å². The first-order chi connectivity index (χ1) is 13.2. The Kier molecular flexibility index (Phi) is 4.95. The Labute approximate surface area is 162 Å². The highest BCUT2D eigenvalue weighted by atomic mass is 35.5. The monoisotopic (exact) mass is 405 g/mol. The van der Waals surface area contributed by atoms with Gasteiger partial charge in [-0.1, -0.05) is 28.5 Å². The Hall–Kier alpha value is -2.65. The minimum absolute atomic E-state index is 0.152. The minimum atomic E-state index is -0.465. The van der Waals surface area contributed by atoms with E-state index in [4.69, 9.17) is 20.5 Å². The molecule has 3 heterocycles. The summed E-state index contributed by atoms with van der Waals surface area (Å²) >= 11 is 7.30. The fourth-order valence-electron chi connectivity index (χ4n) is 2.49. The number of thioether (sulfide) groups is 1. The molecular formula is C17H13ClFN5O2S. The molecule has 0 aliphatic rings. The Balaban J connectivity index is 1.52. The second kappa shape index (κ2) is 7.53. The zero-order valence-electron chi connectivity index (χ0n) is 14.1. The summed E-state index contributed by atoms with van der Waals surface area (Å²) in [5.41, 5.74) is 0.194. The van der Waals surface area contributed by atoms with Crippen molar-refractivity contribution in [2.45, 2.75) is 24.4 Å². The third-order valence-electron chi connectivity index (χ3n) is 3.74. The molecule has 0 amide bonds. The van der Waals surface area contributed by atoms with E-state index in [0.29, 0.717) is 40.0 Å². The molecule has 0 unspecified atom stereocenters. The summed E-state index contributed by atoms with van der Waals surface area (Å²) in [5, 5.41) is 13.3. The van der Waals surface area contributed by atoms with Gasteiger partial charge in [0.25, 0.3) is 0 Å². The minimum Gasteiger partial charge on any atom is -0.461 e. The van der Waals surface area contributed by atoms with Gasteiger partial charge in [0.15, 0.2) is 16.7 Å². The maximum atomic E-state index is 13.9. The van der Waals surface area contributed by atoms with E-state index in [-0.39, 0.29) is 11.4 Å². The molecule has 10 heteroatoms. The Morgan fingerprint density at radius 1 is 1.26 bits per heavy atom. The number of aromatic nitrogens is 5. The maximum Gasteiger partial charge on any atom is 0.237 e. The fourth-order valence-corrected chi connectivity index (χ4v) is 3.50. The van der Waals surface area contributed by atoms with E-state index in [1.54, 1.807) is 12.3 Å². The summed E-state index contributed by atoms with van der Waals surface area (Å²) in [7, 11) is 0. The number of furan rings is 1. The molecule has 0 aliphatic carbocycles. The SMILES string of the molecule is CCn1c(SCc2nc(-c3cc(Cl)ccc3F)no2)nnc1-c1ccco1. The van der Waals surface area contributed by atoms with Crippen LogP contribution < -0.4 is 0 Å². The Morgan fingerprint density at radius 2 is 2.15 bits per heavy atom. The molecule has 138 valence electrons. The van der Waals surface area contributed by atoms with E-state index in [0.717, 1.165) is 0 Å². The third kappa shape index (κ3) is 3.60. The predicted molar refractivity (Wildman–Crippen MR) is 97.7 cm³/mol. The standard InChI is InChI=1S/C17H13ClFN5O2S/c1-2-24-16(13-4-3-7-25-13)21-22-17(24)27-9-14-20-15(23-26-14)11-8-10(18)5-6-12(11)19/h3-8H,2,9H2,1H3. The lowest BCUT2D eigenvalue weighted by atomic mass is 10.2. The van der Waals surface area contributed by atoms with E-state index in [1.165, 1.54) is 30.0 Å². The summed E-state index contributed by atoms with van der Waals surface area (Å²) < 4.78 is 26.5. The molecule has 0 N–H and O–H groups in total. The molecule has 27 heavy (non-hydrogen) atoms. The molecule has 0 aliphatic heterocycles. The van der Waals surface area contributed by atoms with Crippen LogP contribution in [0, 0.1) is 5.82 Å². The largest absolute Gasteiger partial charge is 0.461 e. The normalized spacial score (nSPS) is 11.2. The smallest absolute Gasteiger partial charge is 0.237 e. The average molecular weight is 406 g/mol. The molecular weight excluding hydrogens is 393 g/mol. The van der Waals surface area contributed by atoms with Gasteiger partial charge in [0.1, 0.15) is 5.82 Å². The molecule has 4 rings (SSSR count). The van der Waals surface area contributed by atoms with E-state index in [9.17, 15) is 4.39 Å². The van der Waals surface area contributed by atoms with Gasteiger partial charge in [0.05, 0.1) is 17.6 Å². The van der Waals surface area contributed by atoms with Crippen molar-refractivity contribution in [2.75, 3.05) is 0 Å². The number of halogens is 2. The second-order valence-corrected chi connectivity index (χ2v) is 6.83. The van der Waals surface area contributed by atoms with Crippen molar-refractivity contribution in [1.82, 2.24) is 24.9 Å². The molecule has 0 spiro atoms. The number of nitrogens with zero attached hydrogens (tertiary/aromatic N) is 5. The first-order valence-electron chi connectivity index (χ1n) is 8.03. The molecule has 0 atom stereocenters. The molecule has 0 saturated heterocycles. The predicted octanol–water partition coefficient (Wildman–Crippen LogP) is 4.69. The topological polar surface area (TPSA) is 82.8 Å². The van der Waals surface area contributed by atoms with Crippen molar-refractivity contribution >= 4 is 23.4 Å². The first-order valence-corrected chi connectivity index (χ1v) is 9.40. The van der Waals surface area contributed by atoms with Crippen LogP contribution in [-0.2, 0) is 12.3 Å². The van der Waals surface area contributed by atoms with Crippen molar-refractivity contribution < 1.29 is 13.3 Å². The maximum absolute atomic E-state index is 13.9. The zero-order valence-corrected chi connectivity index (χ0v) is 15.7. The molecule has 4 aromatic rings. The Bertz CT molecular complexity index is 1060. The second-order valence-electron chi connectivity index (χ2n) is 5.45. The molecule has 1 aromatic carbocycles. The van der Waals surface area contributed by atoms with Gasteiger partial charge in [0.2, 0.25) is 11.7 Å². The van der Waals surface area contributed by atoms with E-state index >= 15 is 0 Å². The van der Waals surface area contributed by atoms with Crippen LogP contribution in [0.2, 0.25) is 5.02 Å². The van der Waals surface area contributed by atoms with Crippen LogP contribution in [0.3, 0.4) is 0 Å². The van der Waals surface area contributed by atoms with E-state index in [1.807, 2.05) is 17.6 Å². The van der Waals surface area contributed by atoms with Crippen LogP contribution in [0.25, 0.3) is 23.0 Å². The van der Waals surface area contributed by atoms with E-state index in [2.05, 4.69) is 20.3 Å². The van der Waals surface area contributed by atoms with Crippen LogP contribution in [0.15, 0.2) is 50.7 Å². The van der Waals surface area contributed by atoms with Crippen LogP contribution in [0.5, 0.6) is 0 Å². The van der Waals surface area contributed by atoms with Crippen molar-refractivity contribution in [2.24, 2.45) is 0 Å². The fraction of sp³-hybridized carbons (Fsp3) is 0.176.